The van der Waals surface area contributed by atoms with Gasteiger partial charge in [-0.3, -0.25) is 0 Å². The van der Waals surface area contributed by atoms with Crippen LogP contribution in [0, 0.1) is 5.82 Å². The minimum absolute atomic E-state index is 0.0961. The van der Waals surface area contributed by atoms with Gasteiger partial charge in [0.2, 0.25) is 5.88 Å². The van der Waals surface area contributed by atoms with Crippen LogP contribution in [0.3, 0.4) is 0 Å². The topological polar surface area (TPSA) is 42.4 Å². The first-order valence-corrected chi connectivity index (χ1v) is 7.08. The van der Waals surface area contributed by atoms with Crippen LogP contribution in [0.15, 0.2) is 53.1 Å². The van der Waals surface area contributed by atoms with E-state index < -0.39 is 5.82 Å². The Bertz CT molecular complexity index is 807. The standard InChI is InChI=1S/C16H11BrFNO2/c17-11-5-6-14(18)15(7-11)21-16-13-4-2-1-3-12(13)10(9-20)8-19-16/h1-8,20H,9H2. The summed E-state index contributed by atoms with van der Waals surface area (Å²) in [5.74, 6) is -0.0612. The first kappa shape index (κ1) is 14.0. The fourth-order valence-corrected chi connectivity index (χ4v) is 2.43. The van der Waals surface area contributed by atoms with Crippen molar-refractivity contribution in [3.05, 3.63) is 64.5 Å². The minimum atomic E-state index is -0.463. The Hall–Kier alpha value is -1.98. The lowest BCUT2D eigenvalue weighted by Crippen LogP contribution is -1.95. The van der Waals surface area contributed by atoms with Crippen LogP contribution < -0.4 is 4.74 Å². The smallest absolute Gasteiger partial charge is 0.227 e. The highest BCUT2D eigenvalue weighted by Crippen LogP contribution is 2.32. The molecule has 1 aromatic heterocycles. The van der Waals surface area contributed by atoms with Gasteiger partial charge in [0.1, 0.15) is 0 Å². The van der Waals surface area contributed by atoms with E-state index in [-0.39, 0.29) is 12.4 Å². The largest absolute Gasteiger partial charge is 0.435 e. The Kier molecular flexibility index (Phi) is 3.86. The average Bonchev–Trinajstić information content (AvgIpc) is 2.51. The fraction of sp³-hybridized carbons (Fsp3) is 0.0625. The predicted molar refractivity (Wildman–Crippen MR) is 81.8 cm³/mol. The molecule has 0 aliphatic rings. The Morgan fingerprint density at radius 3 is 2.67 bits per heavy atom. The highest BCUT2D eigenvalue weighted by Gasteiger charge is 2.11. The van der Waals surface area contributed by atoms with Crippen LogP contribution in [0.4, 0.5) is 4.39 Å². The van der Waals surface area contributed by atoms with Gasteiger partial charge in [-0.25, -0.2) is 9.37 Å². The van der Waals surface area contributed by atoms with Gasteiger partial charge >= 0.3 is 0 Å². The zero-order chi connectivity index (χ0) is 14.8. The summed E-state index contributed by atoms with van der Waals surface area (Å²) in [4.78, 5) is 4.18. The van der Waals surface area contributed by atoms with E-state index in [0.717, 1.165) is 15.2 Å². The molecule has 3 nitrogen and oxygen atoms in total. The summed E-state index contributed by atoms with van der Waals surface area (Å²) in [6.07, 6.45) is 1.54. The number of aliphatic hydroxyl groups excluding tert-OH is 1. The summed E-state index contributed by atoms with van der Waals surface area (Å²) in [6.45, 7) is -0.112. The molecule has 0 aliphatic carbocycles. The monoisotopic (exact) mass is 347 g/mol. The molecule has 5 heteroatoms. The first-order valence-electron chi connectivity index (χ1n) is 6.29. The number of benzene rings is 2. The highest BCUT2D eigenvalue weighted by atomic mass is 79.9. The molecule has 1 N–H and O–H groups in total. The number of pyridine rings is 1. The van der Waals surface area contributed by atoms with E-state index in [1.54, 1.807) is 12.1 Å². The van der Waals surface area contributed by atoms with Crippen LogP contribution >= 0.6 is 15.9 Å². The number of fused-ring (bicyclic) bond motifs is 1. The van der Waals surface area contributed by atoms with Gasteiger partial charge < -0.3 is 9.84 Å². The fourth-order valence-electron chi connectivity index (χ4n) is 2.09. The third-order valence-electron chi connectivity index (χ3n) is 3.11. The van der Waals surface area contributed by atoms with Crippen molar-refractivity contribution in [2.24, 2.45) is 0 Å². The molecule has 106 valence electrons. The van der Waals surface area contributed by atoms with Crippen LogP contribution in [0.25, 0.3) is 10.8 Å². The van der Waals surface area contributed by atoms with Crippen molar-refractivity contribution in [1.82, 2.24) is 4.98 Å². The zero-order valence-electron chi connectivity index (χ0n) is 10.9. The maximum atomic E-state index is 13.8. The maximum absolute atomic E-state index is 13.8. The molecule has 21 heavy (non-hydrogen) atoms. The van der Waals surface area contributed by atoms with Crippen molar-refractivity contribution in [1.29, 1.82) is 0 Å². The quantitative estimate of drug-likeness (QED) is 0.762. The lowest BCUT2D eigenvalue weighted by Gasteiger charge is -2.11. The van der Waals surface area contributed by atoms with E-state index >= 15 is 0 Å². The number of aromatic nitrogens is 1. The van der Waals surface area contributed by atoms with Gasteiger partial charge in [0.25, 0.3) is 0 Å². The van der Waals surface area contributed by atoms with Crippen molar-refractivity contribution >= 4 is 26.7 Å². The summed E-state index contributed by atoms with van der Waals surface area (Å²) in [5, 5.41) is 10.9. The normalized spacial score (nSPS) is 10.8. The highest BCUT2D eigenvalue weighted by molar-refractivity contribution is 9.10. The Balaban J connectivity index is 2.11. The lowest BCUT2D eigenvalue weighted by molar-refractivity contribution is 0.282. The number of rotatable bonds is 3. The van der Waals surface area contributed by atoms with E-state index in [4.69, 9.17) is 4.74 Å². The SMILES string of the molecule is OCc1cnc(Oc2cc(Br)ccc2F)c2ccccc12. The second kappa shape index (κ2) is 5.79. The number of hydrogen-bond acceptors (Lipinski definition) is 3. The Morgan fingerprint density at radius 1 is 1.14 bits per heavy atom. The van der Waals surface area contributed by atoms with E-state index in [1.807, 2.05) is 24.3 Å². The van der Waals surface area contributed by atoms with Gasteiger partial charge in [-0.1, -0.05) is 34.1 Å². The number of halogens is 2. The number of nitrogens with zero attached hydrogens (tertiary/aromatic N) is 1. The molecule has 0 fully saturated rings. The summed E-state index contributed by atoms with van der Waals surface area (Å²) in [7, 11) is 0. The van der Waals surface area contributed by atoms with E-state index in [1.165, 1.54) is 12.3 Å². The molecule has 2 aromatic carbocycles. The van der Waals surface area contributed by atoms with Gasteiger partial charge in [-0.15, -0.1) is 0 Å². The van der Waals surface area contributed by atoms with Gasteiger partial charge in [0, 0.05) is 21.6 Å². The molecular weight excluding hydrogens is 337 g/mol. The Morgan fingerprint density at radius 2 is 1.90 bits per heavy atom. The second-order valence-electron chi connectivity index (χ2n) is 4.47. The average molecular weight is 348 g/mol. The lowest BCUT2D eigenvalue weighted by atomic mass is 10.1. The van der Waals surface area contributed by atoms with Crippen molar-refractivity contribution in [2.45, 2.75) is 6.61 Å². The number of hydrogen-bond donors (Lipinski definition) is 1. The van der Waals surface area contributed by atoms with Crippen molar-refractivity contribution in [3.63, 3.8) is 0 Å². The van der Waals surface area contributed by atoms with E-state index in [2.05, 4.69) is 20.9 Å². The summed E-state index contributed by atoms with van der Waals surface area (Å²) in [5.41, 5.74) is 0.702. The van der Waals surface area contributed by atoms with E-state index in [9.17, 15) is 9.50 Å². The van der Waals surface area contributed by atoms with Crippen LogP contribution in [0.1, 0.15) is 5.56 Å². The van der Waals surface area contributed by atoms with Crippen LogP contribution in [0.5, 0.6) is 11.6 Å². The van der Waals surface area contributed by atoms with Gasteiger partial charge in [-0.05, 0) is 29.7 Å². The molecule has 0 radical (unpaired) electrons. The number of ether oxygens (including phenoxy) is 1. The predicted octanol–water partition coefficient (Wildman–Crippen LogP) is 4.42. The summed E-state index contributed by atoms with van der Waals surface area (Å²) < 4.78 is 20.1. The van der Waals surface area contributed by atoms with Crippen molar-refractivity contribution < 1.29 is 14.2 Å². The summed E-state index contributed by atoms with van der Waals surface area (Å²) >= 11 is 3.28. The molecule has 0 unspecified atom stereocenters. The van der Waals surface area contributed by atoms with Gasteiger partial charge in [0.05, 0.1) is 6.61 Å². The zero-order valence-corrected chi connectivity index (χ0v) is 12.5. The van der Waals surface area contributed by atoms with Gasteiger partial charge in [-0.2, -0.15) is 0 Å². The third-order valence-corrected chi connectivity index (χ3v) is 3.60. The molecule has 1 heterocycles. The van der Waals surface area contributed by atoms with Crippen molar-refractivity contribution in [2.75, 3.05) is 0 Å². The molecular formula is C16H11BrFNO2. The third kappa shape index (κ3) is 2.75. The summed E-state index contributed by atoms with van der Waals surface area (Å²) in [6, 6.07) is 11.9. The van der Waals surface area contributed by atoms with E-state index in [0.29, 0.717) is 11.4 Å². The van der Waals surface area contributed by atoms with Crippen LogP contribution in [-0.4, -0.2) is 10.1 Å². The maximum Gasteiger partial charge on any atom is 0.227 e. The molecule has 0 aliphatic heterocycles. The Labute approximate surface area is 129 Å². The molecule has 0 bridgehead atoms. The molecule has 0 saturated heterocycles. The second-order valence-corrected chi connectivity index (χ2v) is 5.38. The number of aliphatic hydroxyl groups is 1. The van der Waals surface area contributed by atoms with Crippen molar-refractivity contribution in [3.8, 4) is 11.6 Å². The van der Waals surface area contributed by atoms with Gasteiger partial charge in [0.15, 0.2) is 11.6 Å². The molecule has 0 amide bonds. The van der Waals surface area contributed by atoms with Crippen LogP contribution in [-0.2, 0) is 6.61 Å². The molecule has 0 saturated carbocycles. The molecule has 3 aromatic rings. The first-order chi connectivity index (χ1) is 10.2. The minimum Gasteiger partial charge on any atom is -0.435 e. The van der Waals surface area contributed by atoms with Crippen LogP contribution in [0.2, 0.25) is 0 Å². The molecule has 3 rings (SSSR count). The molecule has 0 spiro atoms. The molecule has 0 atom stereocenters.